The molecular weight excluding hydrogens is 280 g/mol. The second-order valence-corrected chi connectivity index (χ2v) is 5.75. The summed E-state index contributed by atoms with van der Waals surface area (Å²) < 4.78 is 28.8. The minimum absolute atomic E-state index is 0.0541. The van der Waals surface area contributed by atoms with Gasteiger partial charge in [-0.3, -0.25) is 4.79 Å². The van der Waals surface area contributed by atoms with Crippen LogP contribution in [-0.4, -0.2) is 34.9 Å². The van der Waals surface area contributed by atoms with Crippen molar-refractivity contribution in [3.63, 3.8) is 0 Å². The number of hydrogen-bond acceptors (Lipinski definition) is 3. The van der Waals surface area contributed by atoms with Crippen molar-refractivity contribution in [2.45, 2.75) is 18.6 Å². The Morgan fingerprint density at radius 3 is 2.81 bits per heavy atom. The van der Waals surface area contributed by atoms with Crippen LogP contribution in [-0.2, 0) is 4.79 Å². The quantitative estimate of drug-likeness (QED) is 0.537. The van der Waals surface area contributed by atoms with Crippen molar-refractivity contribution in [1.82, 2.24) is 5.32 Å². The van der Waals surface area contributed by atoms with Gasteiger partial charge in [0.15, 0.2) is 6.29 Å². The van der Waals surface area contributed by atoms with Crippen molar-refractivity contribution < 1.29 is 23.8 Å². The van der Waals surface area contributed by atoms with Crippen molar-refractivity contribution >= 4 is 5.91 Å². The van der Waals surface area contributed by atoms with Gasteiger partial charge in [0.1, 0.15) is 0 Å². The number of alkyl halides is 2. The van der Waals surface area contributed by atoms with Crippen LogP contribution in [0, 0.1) is 23.7 Å². The molecule has 3 rings (SSSR count). The fourth-order valence-electron chi connectivity index (χ4n) is 3.70. The molecule has 21 heavy (non-hydrogen) atoms. The van der Waals surface area contributed by atoms with Crippen LogP contribution < -0.4 is 5.32 Å². The Morgan fingerprint density at radius 1 is 1.38 bits per heavy atom. The van der Waals surface area contributed by atoms with Gasteiger partial charge in [-0.2, -0.15) is 0 Å². The minimum Gasteiger partial charge on any atom is -0.367 e. The van der Waals surface area contributed by atoms with Crippen LogP contribution in [0.1, 0.15) is 6.42 Å². The van der Waals surface area contributed by atoms with Gasteiger partial charge >= 0.3 is 0 Å². The number of aliphatic hydroxyl groups is 2. The van der Waals surface area contributed by atoms with Gasteiger partial charge in [-0.05, 0) is 17.9 Å². The van der Waals surface area contributed by atoms with Gasteiger partial charge in [0.25, 0.3) is 5.92 Å². The molecule has 114 valence electrons. The lowest BCUT2D eigenvalue weighted by Crippen LogP contribution is -2.39. The summed E-state index contributed by atoms with van der Waals surface area (Å²) >= 11 is 0. The second kappa shape index (κ2) is 5.03. The first-order chi connectivity index (χ1) is 9.93. The van der Waals surface area contributed by atoms with E-state index in [0.717, 1.165) is 0 Å². The third kappa shape index (κ3) is 2.22. The van der Waals surface area contributed by atoms with E-state index in [1.807, 2.05) is 0 Å². The van der Waals surface area contributed by atoms with E-state index in [4.69, 9.17) is 10.2 Å². The lowest BCUT2D eigenvalue weighted by molar-refractivity contribution is -0.128. The summed E-state index contributed by atoms with van der Waals surface area (Å²) in [5.74, 6) is -5.68. The van der Waals surface area contributed by atoms with Crippen LogP contribution >= 0.6 is 0 Å². The number of hydrogen-bond donors (Lipinski definition) is 3. The standard InChI is InChI=1S/C15H17F2NO3/c16-15(17)10-4-2-1-3-8(10)13-9(5-6-11(13)15)14(21)18-7-12(19)20/h1-4,6,8-10,12-13,19-20H,5,7H2,(H,18,21). The fraction of sp³-hybridized carbons (Fsp3) is 0.533. The fourth-order valence-corrected chi connectivity index (χ4v) is 3.70. The molecule has 6 heteroatoms. The van der Waals surface area contributed by atoms with Crippen molar-refractivity contribution in [3.8, 4) is 0 Å². The first-order valence-electron chi connectivity index (χ1n) is 7.00. The number of rotatable bonds is 3. The number of carbonyl (C=O) groups is 1. The van der Waals surface area contributed by atoms with Gasteiger partial charge < -0.3 is 15.5 Å². The topological polar surface area (TPSA) is 69.6 Å². The smallest absolute Gasteiger partial charge is 0.276 e. The highest BCUT2D eigenvalue weighted by Crippen LogP contribution is 2.59. The average Bonchev–Trinajstić information content (AvgIpc) is 2.97. The molecule has 0 aromatic rings. The molecule has 4 nitrogen and oxygen atoms in total. The van der Waals surface area contributed by atoms with Crippen LogP contribution in [0.2, 0.25) is 0 Å². The molecule has 0 radical (unpaired) electrons. The predicted octanol–water partition coefficient (Wildman–Crippen LogP) is 0.983. The molecule has 0 spiro atoms. The van der Waals surface area contributed by atoms with Crippen molar-refractivity contribution in [1.29, 1.82) is 0 Å². The molecule has 0 bridgehead atoms. The summed E-state index contributed by atoms with van der Waals surface area (Å²) in [6.07, 6.45) is 6.72. The molecule has 0 aromatic heterocycles. The predicted molar refractivity (Wildman–Crippen MR) is 71.1 cm³/mol. The maximum atomic E-state index is 14.4. The zero-order valence-electron chi connectivity index (χ0n) is 11.2. The van der Waals surface area contributed by atoms with E-state index >= 15 is 0 Å². The molecule has 4 atom stereocenters. The molecule has 1 fully saturated rings. The molecule has 0 aliphatic heterocycles. The van der Waals surface area contributed by atoms with Crippen molar-refractivity contribution in [2.24, 2.45) is 23.7 Å². The number of carbonyl (C=O) groups excluding carboxylic acids is 1. The first-order valence-corrected chi connectivity index (χ1v) is 7.00. The summed E-state index contributed by atoms with van der Waals surface area (Å²) in [5.41, 5.74) is 0.0541. The minimum atomic E-state index is -2.91. The Morgan fingerprint density at radius 2 is 2.10 bits per heavy atom. The number of halogens is 2. The summed E-state index contributed by atoms with van der Waals surface area (Å²) in [6, 6.07) is 0. The highest BCUT2D eigenvalue weighted by molar-refractivity contribution is 5.80. The van der Waals surface area contributed by atoms with Crippen LogP contribution in [0.15, 0.2) is 36.0 Å². The Hall–Kier alpha value is -1.53. The summed E-state index contributed by atoms with van der Waals surface area (Å²) in [4.78, 5) is 12.1. The highest BCUT2D eigenvalue weighted by atomic mass is 19.3. The molecule has 0 aromatic carbocycles. The monoisotopic (exact) mass is 297 g/mol. The van der Waals surface area contributed by atoms with Gasteiger partial charge in [-0.1, -0.05) is 30.4 Å². The number of amides is 1. The molecule has 0 saturated heterocycles. The van der Waals surface area contributed by atoms with E-state index in [1.165, 1.54) is 12.2 Å². The van der Waals surface area contributed by atoms with E-state index in [-0.39, 0.29) is 24.5 Å². The molecule has 3 aliphatic carbocycles. The lowest BCUT2D eigenvalue weighted by atomic mass is 9.79. The Kier molecular flexibility index (Phi) is 3.45. The maximum Gasteiger partial charge on any atom is 0.276 e. The zero-order valence-corrected chi connectivity index (χ0v) is 11.2. The largest absolute Gasteiger partial charge is 0.367 e. The van der Waals surface area contributed by atoms with Gasteiger partial charge in [0.2, 0.25) is 5.91 Å². The number of aliphatic hydroxyl groups excluding tert-OH is 1. The molecule has 3 aliphatic rings. The van der Waals surface area contributed by atoms with Crippen molar-refractivity contribution in [2.75, 3.05) is 6.54 Å². The van der Waals surface area contributed by atoms with Crippen LogP contribution in [0.5, 0.6) is 0 Å². The average molecular weight is 297 g/mol. The molecule has 3 N–H and O–H groups in total. The van der Waals surface area contributed by atoms with Crippen LogP contribution in [0.3, 0.4) is 0 Å². The lowest BCUT2D eigenvalue weighted by Gasteiger charge is -2.25. The normalized spacial score (nSPS) is 35.6. The van der Waals surface area contributed by atoms with E-state index in [0.29, 0.717) is 0 Å². The summed E-state index contributed by atoms with van der Waals surface area (Å²) in [5, 5.41) is 20.0. The number of nitrogens with one attached hydrogen (secondary N) is 1. The van der Waals surface area contributed by atoms with Crippen molar-refractivity contribution in [3.05, 3.63) is 36.0 Å². The summed E-state index contributed by atoms with van der Waals surface area (Å²) in [7, 11) is 0. The van der Waals surface area contributed by atoms with E-state index in [1.54, 1.807) is 18.2 Å². The van der Waals surface area contributed by atoms with E-state index in [2.05, 4.69) is 5.32 Å². The third-order valence-electron chi connectivity index (χ3n) is 4.58. The summed E-state index contributed by atoms with van der Waals surface area (Å²) in [6.45, 7) is -0.294. The molecule has 0 heterocycles. The Bertz CT molecular complexity index is 539. The zero-order chi connectivity index (χ0) is 15.2. The van der Waals surface area contributed by atoms with E-state index < -0.39 is 35.9 Å². The molecule has 4 unspecified atom stereocenters. The van der Waals surface area contributed by atoms with Crippen LogP contribution in [0.25, 0.3) is 0 Å². The van der Waals surface area contributed by atoms with Gasteiger partial charge in [0, 0.05) is 11.8 Å². The highest BCUT2D eigenvalue weighted by Gasteiger charge is 2.61. The van der Waals surface area contributed by atoms with Crippen LogP contribution in [0.4, 0.5) is 8.78 Å². The van der Waals surface area contributed by atoms with Gasteiger partial charge in [-0.25, -0.2) is 8.78 Å². The second-order valence-electron chi connectivity index (χ2n) is 5.75. The number of fused-ring (bicyclic) bond motifs is 3. The Balaban J connectivity index is 1.82. The Labute approximate surface area is 120 Å². The molecule has 1 saturated carbocycles. The maximum absolute atomic E-state index is 14.4. The molecular formula is C15H17F2NO3. The van der Waals surface area contributed by atoms with Gasteiger partial charge in [0.05, 0.1) is 12.5 Å². The SMILES string of the molecule is O=C(NCC(O)O)C1CC=C2C1C1C=CC=CC1C2(F)F. The van der Waals surface area contributed by atoms with Gasteiger partial charge in [-0.15, -0.1) is 0 Å². The van der Waals surface area contributed by atoms with E-state index in [9.17, 15) is 13.6 Å². The number of allylic oxidation sites excluding steroid dienone is 6. The third-order valence-corrected chi connectivity index (χ3v) is 4.58. The first kappa shape index (κ1) is 14.4. The molecule has 1 amide bonds.